The maximum absolute atomic E-state index is 11.5. The van der Waals surface area contributed by atoms with Crippen LogP contribution in [0.15, 0.2) is 6.07 Å². The topological polar surface area (TPSA) is 70.4 Å². The van der Waals surface area contributed by atoms with Gasteiger partial charge in [0.2, 0.25) is 0 Å². The van der Waals surface area contributed by atoms with Crippen molar-refractivity contribution in [1.82, 2.24) is 10.6 Å². The second-order valence-electron chi connectivity index (χ2n) is 3.69. The lowest BCUT2D eigenvalue weighted by atomic mass is 10.3. The highest BCUT2D eigenvalue weighted by Gasteiger charge is 2.18. The molecule has 1 amide bonds. The number of nitrogens with zero attached hydrogens (tertiary/aromatic N) is 1. The third-order valence-corrected chi connectivity index (χ3v) is 3.82. The van der Waals surface area contributed by atoms with E-state index in [2.05, 4.69) is 15.5 Å². The molecule has 1 saturated heterocycles. The summed E-state index contributed by atoms with van der Waals surface area (Å²) in [5.74, 6) is -0.108. The summed E-state index contributed by atoms with van der Waals surface area (Å²) in [6, 6.07) is 1.89. The van der Waals surface area contributed by atoms with Crippen molar-refractivity contribution in [3.63, 3.8) is 0 Å². The number of carbonyl (C=O) groups is 1. The zero-order valence-corrected chi connectivity index (χ0v) is 10.1. The van der Waals surface area contributed by atoms with Crippen LogP contribution in [0, 0.1) is 0 Å². The van der Waals surface area contributed by atoms with Gasteiger partial charge in [0, 0.05) is 33.2 Å². The number of carbonyl (C=O) groups excluding carboxylic acids is 1. The van der Waals surface area contributed by atoms with E-state index in [0.29, 0.717) is 10.6 Å². The van der Waals surface area contributed by atoms with E-state index in [4.69, 9.17) is 5.73 Å². The van der Waals surface area contributed by atoms with Crippen molar-refractivity contribution in [3.05, 3.63) is 10.9 Å². The number of hydrogen-bond donors (Lipinski definition) is 3. The highest BCUT2D eigenvalue weighted by Crippen LogP contribution is 2.32. The molecule has 1 fully saturated rings. The maximum Gasteiger partial charge on any atom is 0.263 e. The standard InChI is InChI=1S/C10H16N4OS/c1-12-10(15)9-7(11)6-8(16-9)14-4-2-13-3-5-14/h6,13H,2-5,11H2,1H3,(H,12,15). The summed E-state index contributed by atoms with van der Waals surface area (Å²) in [7, 11) is 1.62. The fourth-order valence-electron chi connectivity index (χ4n) is 1.72. The van der Waals surface area contributed by atoms with Gasteiger partial charge in [-0.05, 0) is 6.07 Å². The highest BCUT2D eigenvalue weighted by atomic mass is 32.1. The highest BCUT2D eigenvalue weighted by molar-refractivity contribution is 7.18. The molecule has 4 N–H and O–H groups in total. The van der Waals surface area contributed by atoms with Gasteiger partial charge in [-0.2, -0.15) is 0 Å². The van der Waals surface area contributed by atoms with Gasteiger partial charge in [-0.1, -0.05) is 0 Å². The molecule has 0 aliphatic carbocycles. The van der Waals surface area contributed by atoms with Crippen molar-refractivity contribution >= 4 is 27.9 Å². The molecule has 2 rings (SSSR count). The van der Waals surface area contributed by atoms with Crippen LogP contribution in [-0.2, 0) is 0 Å². The lowest BCUT2D eigenvalue weighted by Gasteiger charge is -2.27. The van der Waals surface area contributed by atoms with E-state index < -0.39 is 0 Å². The molecule has 0 aromatic carbocycles. The van der Waals surface area contributed by atoms with Crippen LogP contribution >= 0.6 is 11.3 Å². The first kappa shape index (κ1) is 11.2. The fourth-order valence-corrected chi connectivity index (χ4v) is 2.80. The number of nitrogens with two attached hydrogens (primary N) is 1. The molecule has 5 nitrogen and oxygen atoms in total. The Morgan fingerprint density at radius 3 is 2.88 bits per heavy atom. The van der Waals surface area contributed by atoms with E-state index >= 15 is 0 Å². The second kappa shape index (κ2) is 4.71. The lowest BCUT2D eigenvalue weighted by Crippen LogP contribution is -2.43. The van der Waals surface area contributed by atoms with E-state index in [1.165, 1.54) is 11.3 Å². The Hall–Kier alpha value is -1.27. The Kier molecular flexibility index (Phi) is 3.31. The number of anilines is 2. The minimum atomic E-state index is -0.108. The summed E-state index contributed by atoms with van der Waals surface area (Å²) >= 11 is 1.46. The van der Waals surface area contributed by atoms with E-state index in [-0.39, 0.29) is 5.91 Å². The van der Waals surface area contributed by atoms with Crippen molar-refractivity contribution in [2.75, 3.05) is 43.9 Å². The summed E-state index contributed by atoms with van der Waals surface area (Å²) in [5.41, 5.74) is 6.40. The molecule has 16 heavy (non-hydrogen) atoms. The lowest BCUT2D eigenvalue weighted by molar-refractivity contribution is 0.0968. The molecule has 0 spiro atoms. The molecular weight excluding hydrogens is 224 g/mol. The molecular formula is C10H16N4OS. The van der Waals surface area contributed by atoms with Gasteiger partial charge in [-0.25, -0.2) is 0 Å². The minimum absolute atomic E-state index is 0.108. The van der Waals surface area contributed by atoms with Crippen LogP contribution in [0.25, 0.3) is 0 Å². The van der Waals surface area contributed by atoms with Gasteiger partial charge >= 0.3 is 0 Å². The summed E-state index contributed by atoms with van der Waals surface area (Å²) in [5, 5.41) is 6.97. The Labute approximate surface area is 98.6 Å². The van der Waals surface area contributed by atoms with Gasteiger partial charge in [0.15, 0.2) is 0 Å². The Bertz CT molecular complexity index is 384. The summed E-state index contributed by atoms with van der Waals surface area (Å²) < 4.78 is 0. The van der Waals surface area contributed by atoms with Crippen LogP contribution in [0.4, 0.5) is 10.7 Å². The van der Waals surface area contributed by atoms with Gasteiger partial charge in [0.1, 0.15) is 4.88 Å². The van der Waals surface area contributed by atoms with E-state index in [1.807, 2.05) is 6.07 Å². The summed E-state index contributed by atoms with van der Waals surface area (Å²) in [4.78, 5) is 14.4. The molecule has 0 bridgehead atoms. The predicted molar refractivity (Wildman–Crippen MR) is 67.2 cm³/mol. The van der Waals surface area contributed by atoms with Gasteiger partial charge in [-0.3, -0.25) is 4.79 Å². The first-order valence-corrected chi connectivity index (χ1v) is 6.11. The third kappa shape index (κ3) is 2.12. The van der Waals surface area contributed by atoms with E-state index in [0.717, 1.165) is 31.2 Å². The molecule has 1 aromatic rings. The normalized spacial score (nSPS) is 16.2. The quantitative estimate of drug-likeness (QED) is 0.685. The average molecular weight is 240 g/mol. The molecule has 1 aliphatic heterocycles. The Morgan fingerprint density at radius 2 is 2.25 bits per heavy atom. The summed E-state index contributed by atoms with van der Waals surface area (Å²) in [6.45, 7) is 3.89. The van der Waals surface area contributed by atoms with Crippen molar-refractivity contribution in [1.29, 1.82) is 0 Å². The van der Waals surface area contributed by atoms with Crippen LogP contribution in [0.3, 0.4) is 0 Å². The monoisotopic (exact) mass is 240 g/mol. The molecule has 88 valence electrons. The third-order valence-electron chi connectivity index (χ3n) is 2.61. The first-order valence-electron chi connectivity index (χ1n) is 5.29. The Balaban J connectivity index is 2.19. The minimum Gasteiger partial charge on any atom is -0.397 e. The first-order chi connectivity index (χ1) is 7.72. The number of rotatable bonds is 2. The number of piperazine rings is 1. The molecule has 0 atom stereocenters. The molecule has 1 aromatic heterocycles. The Morgan fingerprint density at radius 1 is 1.56 bits per heavy atom. The number of hydrogen-bond acceptors (Lipinski definition) is 5. The fraction of sp³-hybridized carbons (Fsp3) is 0.500. The SMILES string of the molecule is CNC(=O)c1sc(N2CCNCC2)cc1N. The van der Waals surface area contributed by atoms with Crippen molar-refractivity contribution < 1.29 is 4.79 Å². The average Bonchev–Trinajstić information content (AvgIpc) is 2.71. The molecule has 0 radical (unpaired) electrons. The number of nitrogen functional groups attached to an aromatic ring is 1. The largest absolute Gasteiger partial charge is 0.397 e. The van der Waals surface area contributed by atoms with Gasteiger partial charge in [-0.15, -0.1) is 11.3 Å². The zero-order chi connectivity index (χ0) is 11.5. The van der Waals surface area contributed by atoms with E-state index in [9.17, 15) is 4.79 Å². The number of thiophene rings is 1. The van der Waals surface area contributed by atoms with E-state index in [1.54, 1.807) is 7.05 Å². The molecule has 6 heteroatoms. The van der Waals surface area contributed by atoms with Crippen LogP contribution < -0.4 is 21.3 Å². The number of amides is 1. The van der Waals surface area contributed by atoms with Crippen LogP contribution in [0.5, 0.6) is 0 Å². The number of nitrogens with one attached hydrogen (secondary N) is 2. The second-order valence-corrected chi connectivity index (χ2v) is 4.72. The molecule has 2 heterocycles. The molecule has 0 saturated carbocycles. The van der Waals surface area contributed by atoms with Crippen molar-refractivity contribution in [3.8, 4) is 0 Å². The molecule has 1 aliphatic rings. The van der Waals surface area contributed by atoms with Crippen molar-refractivity contribution in [2.45, 2.75) is 0 Å². The van der Waals surface area contributed by atoms with Gasteiger partial charge < -0.3 is 21.3 Å². The van der Waals surface area contributed by atoms with Crippen molar-refractivity contribution in [2.24, 2.45) is 0 Å². The predicted octanol–water partition coefficient (Wildman–Crippen LogP) is 0.0995. The van der Waals surface area contributed by atoms with Gasteiger partial charge in [0.25, 0.3) is 5.91 Å². The van der Waals surface area contributed by atoms with Crippen LogP contribution in [-0.4, -0.2) is 39.1 Å². The van der Waals surface area contributed by atoms with Crippen LogP contribution in [0.2, 0.25) is 0 Å². The maximum atomic E-state index is 11.5. The summed E-state index contributed by atoms with van der Waals surface area (Å²) in [6.07, 6.45) is 0. The van der Waals surface area contributed by atoms with Gasteiger partial charge in [0.05, 0.1) is 10.7 Å². The smallest absolute Gasteiger partial charge is 0.263 e. The van der Waals surface area contributed by atoms with Crippen LogP contribution in [0.1, 0.15) is 9.67 Å². The molecule has 0 unspecified atom stereocenters. The zero-order valence-electron chi connectivity index (χ0n) is 9.25.